The number of anilines is 2. The number of thioether (sulfide) groups is 1. The van der Waals surface area contributed by atoms with E-state index in [2.05, 4.69) is 15.6 Å². The molecule has 0 amide bonds. The first-order valence-corrected chi connectivity index (χ1v) is 11.1. The van der Waals surface area contributed by atoms with E-state index < -0.39 is 6.04 Å². The Kier molecular flexibility index (Phi) is 7.15. The molecule has 1 aromatic carbocycles. The lowest BCUT2D eigenvalue weighted by Crippen LogP contribution is -2.33. The van der Waals surface area contributed by atoms with Gasteiger partial charge in [-0.05, 0) is 50.3 Å². The van der Waals surface area contributed by atoms with Crippen LogP contribution < -0.4 is 10.6 Å². The fraction of sp³-hybridized carbons (Fsp3) is 0.550. The van der Waals surface area contributed by atoms with Crippen LogP contribution in [0.2, 0.25) is 0 Å². The molecule has 6 nitrogen and oxygen atoms in total. The molecule has 1 aromatic heterocycles. The van der Waals surface area contributed by atoms with Gasteiger partial charge in [-0.2, -0.15) is 16.7 Å². The zero-order valence-corrected chi connectivity index (χ0v) is 16.8. The molecule has 1 heterocycles. The van der Waals surface area contributed by atoms with Gasteiger partial charge in [-0.3, -0.25) is 0 Å². The quantitative estimate of drug-likeness (QED) is 0.627. The topological polar surface area (TPSA) is 76.1 Å². The van der Waals surface area contributed by atoms with E-state index in [4.69, 9.17) is 9.72 Å². The van der Waals surface area contributed by atoms with E-state index in [1.54, 1.807) is 11.8 Å². The number of aromatic nitrogens is 2. The van der Waals surface area contributed by atoms with Crippen molar-refractivity contribution in [2.45, 2.75) is 51.1 Å². The van der Waals surface area contributed by atoms with Crippen molar-refractivity contribution in [1.82, 2.24) is 9.97 Å². The number of nitrogens with zero attached hydrogens (tertiary/aromatic N) is 2. The van der Waals surface area contributed by atoms with E-state index in [1.807, 2.05) is 37.4 Å². The van der Waals surface area contributed by atoms with Crippen LogP contribution in [0, 0.1) is 0 Å². The van der Waals surface area contributed by atoms with Crippen LogP contribution in [0.5, 0.6) is 0 Å². The Morgan fingerprint density at radius 2 is 2.07 bits per heavy atom. The number of nitrogens with one attached hydrogen (secondary N) is 2. The maximum absolute atomic E-state index is 12.3. The third-order valence-corrected chi connectivity index (χ3v) is 5.43. The number of para-hydroxylation sites is 1. The van der Waals surface area contributed by atoms with Crippen molar-refractivity contribution < 1.29 is 9.53 Å². The minimum absolute atomic E-state index is 0.256. The number of ether oxygens (including phenoxy) is 1. The average molecular weight is 389 g/mol. The SMILES string of the molecule is CCOC(=O)[C@H](CCSC)Nc1nc(NC2CCCC2)c2ccccc2n1. The summed E-state index contributed by atoms with van der Waals surface area (Å²) in [4.78, 5) is 21.6. The number of carbonyl (C=O) groups excluding carboxylic acids is 1. The second-order valence-corrected chi connectivity index (χ2v) is 7.75. The lowest BCUT2D eigenvalue weighted by Gasteiger charge is -2.19. The smallest absolute Gasteiger partial charge is 0.328 e. The standard InChI is InChI=1S/C20H28N4O2S/c1-3-26-19(25)17(12-13-27-2)23-20-22-16-11-7-6-10-15(16)18(24-20)21-14-8-4-5-9-14/h6-7,10-11,14,17H,3-5,8-9,12-13H2,1-2H3,(H2,21,22,23,24)/t17-/m0/s1. The van der Waals surface area contributed by atoms with E-state index in [-0.39, 0.29) is 5.97 Å². The van der Waals surface area contributed by atoms with Crippen LogP contribution in [-0.4, -0.2) is 46.6 Å². The van der Waals surface area contributed by atoms with Gasteiger partial charge >= 0.3 is 5.97 Å². The van der Waals surface area contributed by atoms with Crippen LogP contribution in [-0.2, 0) is 9.53 Å². The Labute approximate surface area is 164 Å². The van der Waals surface area contributed by atoms with Crippen LogP contribution in [0.15, 0.2) is 24.3 Å². The van der Waals surface area contributed by atoms with Gasteiger partial charge in [0, 0.05) is 11.4 Å². The van der Waals surface area contributed by atoms with Gasteiger partial charge in [-0.15, -0.1) is 0 Å². The van der Waals surface area contributed by atoms with Crippen molar-refractivity contribution in [2.24, 2.45) is 0 Å². The van der Waals surface area contributed by atoms with Gasteiger partial charge in [0.25, 0.3) is 0 Å². The Morgan fingerprint density at radius 3 is 2.81 bits per heavy atom. The molecular weight excluding hydrogens is 360 g/mol. The molecule has 1 aliphatic rings. The molecule has 1 atom stereocenters. The molecule has 1 aliphatic carbocycles. The minimum atomic E-state index is -0.446. The first kappa shape index (κ1) is 19.7. The van der Waals surface area contributed by atoms with Gasteiger partial charge in [-0.25, -0.2) is 9.78 Å². The van der Waals surface area contributed by atoms with Crippen LogP contribution in [0.3, 0.4) is 0 Å². The molecule has 1 fully saturated rings. The predicted octanol–water partition coefficient (Wildman–Crippen LogP) is 4.08. The summed E-state index contributed by atoms with van der Waals surface area (Å²) in [6.07, 6.45) is 7.54. The monoisotopic (exact) mass is 388 g/mol. The minimum Gasteiger partial charge on any atom is -0.464 e. The molecule has 2 N–H and O–H groups in total. The van der Waals surface area contributed by atoms with E-state index >= 15 is 0 Å². The van der Waals surface area contributed by atoms with E-state index in [9.17, 15) is 4.79 Å². The molecule has 2 aromatic rings. The van der Waals surface area contributed by atoms with Gasteiger partial charge in [0.1, 0.15) is 11.9 Å². The molecule has 146 valence electrons. The highest BCUT2D eigenvalue weighted by molar-refractivity contribution is 7.98. The molecule has 27 heavy (non-hydrogen) atoms. The molecule has 7 heteroatoms. The highest BCUT2D eigenvalue weighted by Crippen LogP contribution is 2.27. The number of rotatable bonds is 9. The van der Waals surface area contributed by atoms with Crippen molar-refractivity contribution in [1.29, 1.82) is 0 Å². The molecule has 0 aliphatic heterocycles. The van der Waals surface area contributed by atoms with Gasteiger partial charge in [0.05, 0.1) is 12.1 Å². The number of esters is 1. The first-order chi connectivity index (χ1) is 13.2. The van der Waals surface area contributed by atoms with Crippen molar-refractivity contribution >= 4 is 40.4 Å². The molecule has 0 bridgehead atoms. The number of hydrogen-bond acceptors (Lipinski definition) is 7. The van der Waals surface area contributed by atoms with Gasteiger partial charge in [0.2, 0.25) is 5.95 Å². The van der Waals surface area contributed by atoms with Crippen molar-refractivity contribution in [3.8, 4) is 0 Å². The molecule has 0 unspecified atom stereocenters. The largest absolute Gasteiger partial charge is 0.464 e. The van der Waals surface area contributed by atoms with E-state index in [0.717, 1.165) is 22.5 Å². The first-order valence-electron chi connectivity index (χ1n) is 9.66. The zero-order valence-electron chi connectivity index (χ0n) is 16.0. The number of carbonyl (C=O) groups is 1. The fourth-order valence-electron chi connectivity index (χ4n) is 3.40. The van der Waals surface area contributed by atoms with E-state index in [1.165, 1.54) is 25.7 Å². The molecule has 3 rings (SSSR count). The second kappa shape index (κ2) is 9.78. The normalized spacial score (nSPS) is 15.6. The lowest BCUT2D eigenvalue weighted by molar-refractivity contribution is -0.144. The number of fused-ring (bicyclic) bond motifs is 1. The Balaban J connectivity index is 1.86. The highest BCUT2D eigenvalue weighted by Gasteiger charge is 2.22. The summed E-state index contributed by atoms with van der Waals surface area (Å²) in [5.41, 5.74) is 0.864. The van der Waals surface area contributed by atoms with Crippen molar-refractivity contribution in [3.63, 3.8) is 0 Å². The summed E-state index contributed by atoms with van der Waals surface area (Å²) in [7, 11) is 0. The number of benzene rings is 1. The third-order valence-electron chi connectivity index (χ3n) is 4.78. The predicted molar refractivity (Wildman–Crippen MR) is 112 cm³/mol. The summed E-state index contributed by atoms with van der Waals surface area (Å²) in [6, 6.07) is 7.98. The lowest BCUT2D eigenvalue weighted by atomic mass is 10.2. The van der Waals surface area contributed by atoms with Crippen molar-refractivity contribution in [2.75, 3.05) is 29.2 Å². The summed E-state index contributed by atoms with van der Waals surface area (Å²) < 4.78 is 5.22. The second-order valence-electron chi connectivity index (χ2n) is 6.77. The maximum atomic E-state index is 12.3. The van der Waals surface area contributed by atoms with Crippen molar-refractivity contribution in [3.05, 3.63) is 24.3 Å². The Morgan fingerprint density at radius 1 is 1.30 bits per heavy atom. The van der Waals surface area contributed by atoms with Crippen LogP contribution in [0.1, 0.15) is 39.0 Å². The number of hydrogen-bond donors (Lipinski definition) is 2. The molecule has 0 radical (unpaired) electrons. The maximum Gasteiger partial charge on any atom is 0.328 e. The summed E-state index contributed by atoms with van der Waals surface area (Å²) >= 11 is 1.70. The van der Waals surface area contributed by atoms with Gasteiger partial charge in [-0.1, -0.05) is 25.0 Å². The van der Waals surface area contributed by atoms with E-state index in [0.29, 0.717) is 25.0 Å². The third kappa shape index (κ3) is 5.25. The Bertz CT molecular complexity index is 765. The summed E-state index contributed by atoms with van der Waals surface area (Å²) in [5, 5.41) is 7.80. The van der Waals surface area contributed by atoms with Crippen LogP contribution >= 0.6 is 11.8 Å². The molecule has 0 saturated heterocycles. The van der Waals surface area contributed by atoms with Gasteiger partial charge < -0.3 is 15.4 Å². The van der Waals surface area contributed by atoms with Crippen LogP contribution in [0.25, 0.3) is 10.9 Å². The Hall–Kier alpha value is -2.02. The highest BCUT2D eigenvalue weighted by atomic mass is 32.2. The fourth-order valence-corrected chi connectivity index (χ4v) is 3.87. The molecule has 1 saturated carbocycles. The summed E-state index contributed by atoms with van der Waals surface area (Å²) in [6.45, 7) is 2.18. The molecule has 0 spiro atoms. The molecular formula is C20H28N4O2S. The zero-order chi connectivity index (χ0) is 19.1. The average Bonchev–Trinajstić information content (AvgIpc) is 3.18. The van der Waals surface area contributed by atoms with Crippen LogP contribution in [0.4, 0.5) is 11.8 Å². The van der Waals surface area contributed by atoms with Gasteiger partial charge in [0.15, 0.2) is 0 Å². The summed E-state index contributed by atoms with van der Waals surface area (Å²) in [5.74, 6) is 1.90.